The summed E-state index contributed by atoms with van der Waals surface area (Å²) < 4.78 is 0. The topological polar surface area (TPSA) is 29.1 Å². The first kappa shape index (κ1) is 12.2. The highest BCUT2D eigenvalue weighted by atomic mass is 16.1. The fraction of sp³-hybridized carbons (Fsp3) is 0.727. The van der Waals surface area contributed by atoms with Crippen molar-refractivity contribution in [1.29, 1.82) is 0 Å². The molecule has 0 aliphatic carbocycles. The van der Waals surface area contributed by atoms with Crippen molar-refractivity contribution >= 4 is 5.91 Å². The zero-order valence-corrected chi connectivity index (χ0v) is 9.18. The number of hydrogen-bond acceptors (Lipinski definition) is 1. The molecule has 1 amide bonds. The number of rotatable bonds is 5. The lowest BCUT2D eigenvalue weighted by atomic mass is 10.1. The maximum atomic E-state index is 11.2. The van der Waals surface area contributed by atoms with E-state index in [0.29, 0.717) is 6.42 Å². The summed E-state index contributed by atoms with van der Waals surface area (Å²) in [4.78, 5) is 11.2. The van der Waals surface area contributed by atoms with Crippen LogP contribution < -0.4 is 5.32 Å². The second-order valence-corrected chi connectivity index (χ2v) is 3.68. The molecule has 0 spiro atoms. The molecule has 0 aromatic heterocycles. The highest BCUT2D eigenvalue weighted by Gasteiger charge is 2.02. The molecule has 0 aliphatic heterocycles. The minimum Gasteiger partial charge on any atom is -0.354 e. The van der Waals surface area contributed by atoms with Gasteiger partial charge in [0, 0.05) is 12.5 Å². The molecule has 0 aromatic rings. The van der Waals surface area contributed by atoms with Crippen LogP contribution in [0.1, 0.15) is 47.0 Å². The molecule has 0 bridgehead atoms. The zero-order valence-electron chi connectivity index (χ0n) is 9.18. The smallest absolute Gasteiger partial charge is 0.220 e. The molecule has 76 valence electrons. The molecule has 2 nitrogen and oxygen atoms in total. The van der Waals surface area contributed by atoms with Crippen LogP contribution in [0.3, 0.4) is 0 Å². The average Bonchev–Trinajstić information content (AvgIpc) is 2.00. The van der Waals surface area contributed by atoms with Gasteiger partial charge in [0.15, 0.2) is 0 Å². The first-order valence-electron chi connectivity index (χ1n) is 5.01. The molecule has 0 radical (unpaired) electrons. The Kier molecular flexibility index (Phi) is 6.29. The quantitative estimate of drug-likeness (QED) is 0.652. The summed E-state index contributed by atoms with van der Waals surface area (Å²) in [6.45, 7) is 8.14. The normalized spacial score (nSPS) is 11.9. The monoisotopic (exact) mass is 183 g/mol. The number of hydrogen-bond donors (Lipinski definition) is 1. The molecule has 0 aliphatic rings. The van der Waals surface area contributed by atoms with Gasteiger partial charge in [0.2, 0.25) is 5.91 Å². The number of carbonyl (C=O) groups is 1. The fourth-order valence-electron chi connectivity index (χ4n) is 1.16. The van der Waals surface area contributed by atoms with E-state index in [9.17, 15) is 4.79 Å². The van der Waals surface area contributed by atoms with Gasteiger partial charge in [-0.25, -0.2) is 0 Å². The van der Waals surface area contributed by atoms with Crippen molar-refractivity contribution in [1.82, 2.24) is 5.32 Å². The lowest BCUT2D eigenvalue weighted by Gasteiger charge is -2.07. The molecule has 0 unspecified atom stereocenters. The van der Waals surface area contributed by atoms with Crippen LogP contribution in [0.5, 0.6) is 0 Å². The number of carbonyl (C=O) groups excluding carboxylic acids is 1. The standard InChI is InChI=1S/C11H21NO/c1-5-6-10(4)7-8-11(13)12-9(2)3/h6,9H,5,7-8H2,1-4H3,(H,12,13)/b10-6-. The van der Waals surface area contributed by atoms with Crippen LogP contribution in [-0.2, 0) is 4.79 Å². The highest BCUT2D eigenvalue weighted by molar-refractivity contribution is 5.76. The van der Waals surface area contributed by atoms with E-state index in [1.165, 1.54) is 5.57 Å². The van der Waals surface area contributed by atoms with Gasteiger partial charge in [-0.2, -0.15) is 0 Å². The second-order valence-electron chi connectivity index (χ2n) is 3.68. The largest absolute Gasteiger partial charge is 0.354 e. The summed E-state index contributed by atoms with van der Waals surface area (Å²) in [6.07, 6.45) is 4.72. The Morgan fingerprint density at radius 2 is 2.00 bits per heavy atom. The first-order chi connectivity index (χ1) is 6.06. The van der Waals surface area contributed by atoms with Crippen molar-refractivity contribution in [3.63, 3.8) is 0 Å². The minimum absolute atomic E-state index is 0.152. The predicted molar refractivity (Wildman–Crippen MR) is 56.6 cm³/mol. The summed E-state index contributed by atoms with van der Waals surface area (Å²) in [6, 6.07) is 0.253. The maximum Gasteiger partial charge on any atom is 0.220 e. The second kappa shape index (κ2) is 6.70. The van der Waals surface area contributed by atoms with Crippen molar-refractivity contribution in [2.75, 3.05) is 0 Å². The Bertz CT molecular complexity index is 183. The Labute approximate surface area is 81.4 Å². The fourth-order valence-corrected chi connectivity index (χ4v) is 1.16. The van der Waals surface area contributed by atoms with Crippen molar-refractivity contribution in [3.05, 3.63) is 11.6 Å². The van der Waals surface area contributed by atoms with E-state index >= 15 is 0 Å². The van der Waals surface area contributed by atoms with E-state index in [0.717, 1.165) is 12.8 Å². The number of nitrogens with one attached hydrogen (secondary N) is 1. The average molecular weight is 183 g/mol. The van der Waals surface area contributed by atoms with Gasteiger partial charge in [-0.05, 0) is 33.6 Å². The summed E-state index contributed by atoms with van der Waals surface area (Å²) in [7, 11) is 0. The van der Waals surface area contributed by atoms with Gasteiger partial charge in [-0.3, -0.25) is 4.79 Å². The van der Waals surface area contributed by atoms with Gasteiger partial charge in [-0.15, -0.1) is 0 Å². The van der Waals surface area contributed by atoms with Gasteiger partial charge in [0.1, 0.15) is 0 Å². The Hall–Kier alpha value is -0.790. The van der Waals surface area contributed by atoms with E-state index in [1.54, 1.807) is 0 Å². The molecule has 1 N–H and O–H groups in total. The Morgan fingerprint density at radius 3 is 2.46 bits per heavy atom. The molecule has 2 heteroatoms. The molecule has 13 heavy (non-hydrogen) atoms. The summed E-state index contributed by atoms with van der Waals surface area (Å²) in [5.74, 6) is 0.152. The van der Waals surface area contributed by atoms with Gasteiger partial charge in [0.05, 0.1) is 0 Å². The number of allylic oxidation sites excluding steroid dienone is 2. The molecular weight excluding hydrogens is 162 g/mol. The summed E-state index contributed by atoms with van der Waals surface area (Å²) in [5, 5.41) is 2.87. The zero-order chi connectivity index (χ0) is 10.3. The van der Waals surface area contributed by atoms with Gasteiger partial charge in [0.25, 0.3) is 0 Å². The lowest BCUT2D eigenvalue weighted by molar-refractivity contribution is -0.121. The van der Waals surface area contributed by atoms with E-state index in [2.05, 4.69) is 25.2 Å². The molecule has 0 rings (SSSR count). The third-order valence-electron chi connectivity index (χ3n) is 1.75. The van der Waals surface area contributed by atoms with Crippen molar-refractivity contribution in [2.24, 2.45) is 0 Å². The minimum atomic E-state index is 0.152. The Morgan fingerprint density at radius 1 is 1.38 bits per heavy atom. The van der Waals surface area contributed by atoms with Crippen molar-refractivity contribution in [2.45, 2.75) is 53.0 Å². The van der Waals surface area contributed by atoms with Crippen LogP contribution >= 0.6 is 0 Å². The van der Waals surface area contributed by atoms with Crippen LogP contribution in [0.25, 0.3) is 0 Å². The van der Waals surface area contributed by atoms with Gasteiger partial charge in [-0.1, -0.05) is 18.6 Å². The van der Waals surface area contributed by atoms with Crippen LogP contribution in [0.2, 0.25) is 0 Å². The van der Waals surface area contributed by atoms with E-state index in [4.69, 9.17) is 0 Å². The lowest BCUT2D eigenvalue weighted by Crippen LogP contribution is -2.29. The molecule has 0 heterocycles. The molecule has 0 aromatic carbocycles. The predicted octanol–water partition coefficient (Wildman–Crippen LogP) is 2.65. The number of amides is 1. The molecular formula is C11H21NO. The third-order valence-corrected chi connectivity index (χ3v) is 1.75. The first-order valence-corrected chi connectivity index (χ1v) is 5.01. The van der Waals surface area contributed by atoms with Crippen LogP contribution in [0, 0.1) is 0 Å². The van der Waals surface area contributed by atoms with Crippen molar-refractivity contribution in [3.8, 4) is 0 Å². The maximum absolute atomic E-state index is 11.2. The summed E-state index contributed by atoms with van der Waals surface area (Å²) >= 11 is 0. The van der Waals surface area contributed by atoms with Crippen LogP contribution in [0.15, 0.2) is 11.6 Å². The molecule has 0 atom stereocenters. The molecule has 0 fully saturated rings. The molecule has 0 saturated heterocycles. The molecule has 0 saturated carbocycles. The Balaban J connectivity index is 3.64. The van der Waals surface area contributed by atoms with E-state index < -0.39 is 0 Å². The highest BCUT2D eigenvalue weighted by Crippen LogP contribution is 2.04. The van der Waals surface area contributed by atoms with Gasteiger partial charge >= 0.3 is 0 Å². The van der Waals surface area contributed by atoms with Crippen LogP contribution in [0.4, 0.5) is 0 Å². The van der Waals surface area contributed by atoms with Gasteiger partial charge < -0.3 is 5.32 Å². The third kappa shape index (κ3) is 7.57. The van der Waals surface area contributed by atoms with E-state index in [1.807, 2.05) is 13.8 Å². The van der Waals surface area contributed by atoms with Crippen molar-refractivity contribution < 1.29 is 4.79 Å². The van der Waals surface area contributed by atoms with Crippen LogP contribution in [-0.4, -0.2) is 11.9 Å². The van der Waals surface area contributed by atoms with E-state index in [-0.39, 0.29) is 11.9 Å². The summed E-state index contributed by atoms with van der Waals surface area (Å²) in [5.41, 5.74) is 1.31. The SMILES string of the molecule is CC/C=C(/C)CCC(=O)NC(C)C.